The Morgan fingerprint density at radius 1 is 1.45 bits per heavy atom. The number of ether oxygens (including phenoxy) is 2. The molecule has 110 valence electrons. The summed E-state index contributed by atoms with van der Waals surface area (Å²) >= 11 is 3.62. The van der Waals surface area contributed by atoms with Gasteiger partial charge < -0.3 is 14.8 Å². The second kappa shape index (κ2) is 6.04. The number of hydrogen-bond donors (Lipinski definition) is 1. The fraction of sp³-hybridized carbons (Fsp3) is 0.625. The zero-order valence-electron chi connectivity index (χ0n) is 12.1. The van der Waals surface area contributed by atoms with Crippen LogP contribution in [0, 0.1) is 5.92 Å². The average Bonchev–Trinajstić information content (AvgIpc) is 3.15. The van der Waals surface area contributed by atoms with Gasteiger partial charge in [0.1, 0.15) is 5.75 Å². The van der Waals surface area contributed by atoms with Gasteiger partial charge >= 0.3 is 0 Å². The Bertz CT molecular complexity index is 488. The van der Waals surface area contributed by atoms with Crippen LogP contribution in [0.5, 0.6) is 5.75 Å². The van der Waals surface area contributed by atoms with Crippen LogP contribution in [0.25, 0.3) is 0 Å². The highest BCUT2D eigenvalue weighted by Crippen LogP contribution is 2.38. The predicted octanol–water partition coefficient (Wildman–Crippen LogP) is 2.94. The summed E-state index contributed by atoms with van der Waals surface area (Å²) in [4.78, 5) is 0. The third kappa shape index (κ3) is 2.87. The molecule has 0 aromatic heterocycles. The lowest BCUT2D eigenvalue weighted by molar-refractivity contribution is 0.0532. The van der Waals surface area contributed by atoms with Gasteiger partial charge in [-0.05, 0) is 55.5 Å². The number of halogens is 1. The molecule has 4 heteroatoms. The molecule has 1 aromatic carbocycles. The van der Waals surface area contributed by atoms with Crippen LogP contribution in [-0.2, 0) is 17.6 Å². The highest BCUT2D eigenvalue weighted by molar-refractivity contribution is 9.10. The number of nitrogens with one attached hydrogen (secondary N) is 1. The number of fused-ring (bicyclic) bond motifs is 1. The van der Waals surface area contributed by atoms with E-state index in [4.69, 9.17) is 9.47 Å². The first kappa shape index (κ1) is 14.4. The molecule has 0 spiro atoms. The van der Waals surface area contributed by atoms with Crippen molar-refractivity contribution in [2.75, 3.05) is 20.8 Å². The van der Waals surface area contributed by atoms with Gasteiger partial charge in [-0.1, -0.05) is 15.9 Å². The van der Waals surface area contributed by atoms with Crippen LogP contribution in [-0.4, -0.2) is 32.9 Å². The van der Waals surface area contributed by atoms with Crippen molar-refractivity contribution in [3.8, 4) is 5.75 Å². The molecule has 1 fully saturated rings. The molecule has 1 aromatic rings. The van der Waals surface area contributed by atoms with Gasteiger partial charge in [-0.2, -0.15) is 0 Å². The van der Waals surface area contributed by atoms with E-state index in [-0.39, 0.29) is 0 Å². The second-order valence-electron chi connectivity index (χ2n) is 5.79. The monoisotopic (exact) mass is 339 g/mol. The van der Waals surface area contributed by atoms with E-state index in [1.807, 2.05) is 14.2 Å². The van der Waals surface area contributed by atoms with Crippen LogP contribution in [0.15, 0.2) is 16.6 Å². The summed E-state index contributed by atoms with van der Waals surface area (Å²) in [6.07, 6.45) is 4.86. The molecule has 2 aliphatic rings. The maximum absolute atomic E-state index is 5.83. The molecule has 1 heterocycles. The van der Waals surface area contributed by atoms with Crippen LogP contribution in [0.1, 0.15) is 24.0 Å². The van der Waals surface area contributed by atoms with Gasteiger partial charge in [-0.25, -0.2) is 0 Å². The van der Waals surface area contributed by atoms with Gasteiger partial charge in [0.15, 0.2) is 0 Å². The summed E-state index contributed by atoms with van der Waals surface area (Å²) in [7, 11) is 3.85. The number of rotatable bonds is 6. The van der Waals surface area contributed by atoms with Crippen molar-refractivity contribution in [3.05, 3.63) is 27.7 Å². The zero-order chi connectivity index (χ0) is 14.1. The Labute approximate surface area is 129 Å². The van der Waals surface area contributed by atoms with E-state index in [0.29, 0.717) is 12.1 Å². The SMILES string of the molecule is CNC(Cc1cc(Br)cc2c1OCC2)C(OC)C1CC1. The molecule has 20 heavy (non-hydrogen) atoms. The van der Waals surface area contributed by atoms with Crippen molar-refractivity contribution in [2.24, 2.45) is 5.92 Å². The maximum Gasteiger partial charge on any atom is 0.125 e. The van der Waals surface area contributed by atoms with Gasteiger partial charge in [0.2, 0.25) is 0 Å². The van der Waals surface area contributed by atoms with Crippen molar-refractivity contribution in [2.45, 2.75) is 37.8 Å². The summed E-state index contributed by atoms with van der Waals surface area (Å²) in [5.41, 5.74) is 2.61. The molecule has 2 atom stereocenters. The molecule has 0 saturated heterocycles. The first-order valence-electron chi connectivity index (χ1n) is 7.37. The number of likely N-dealkylation sites (N-methyl/N-ethyl adjacent to an activating group) is 1. The fourth-order valence-electron chi connectivity index (χ4n) is 3.23. The molecule has 1 aliphatic heterocycles. The first-order chi connectivity index (χ1) is 9.72. The minimum Gasteiger partial charge on any atom is -0.493 e. The molecule has 3 nitrogen and oxygen atoms in total. The quantitative estimate of drug-likeness (QED) is 0.864. The number of methoxy groups -OCH3 is 1. The van der Waals surface area contributed by atoms with Crippen LogP contribution in [0.3, 0.4) is 0 Å². The summed E-state index contributed by atoms with van der Waals surface area (Å²) in [5.74, 6) is 1.82. The van der Waals surface area contributed by atoms with E-state index in [0.717, 1.165) is 35.6 Å². The summed E-state index contributed by atoms with van der Waals surface area (Å²) < 4.78 is 12.7. The Balaban J connectivity index is 1.82. The van der Waals surface area contributed by atoms with Crippen LogP contribution >= 0.6 is 15.9 Å². The summed E-state index contributed by atoms with van der Waals surface area (Å²) in [6, 6.07) is 4.71. The van der Waals surface area contributed by atoms with Crippen molar-refractivity contribution < 1.29 is 9.47 Å². The van der Waals surface area contributed by atoms with Crippen LogP contribution in [0.4, 0.5) is 0 Å². The molecular formula is C16H22BrNO2. The van der Waals surface area contributed by atoms with E-state index in [1.165, 1.54) is 24.0 Å². The lowest BCUT2D eigenvalue weighted by Crippen LogP contribution is -2.42. The topological polar surface area (TPSA) is 30.5 Å². The lowest BCUT2D eigenvalue weighted by atomic mass is 9.96. The molecule has 1 aliphatic carbocycles. The van der Waals surface area contributed by atoms with E-state index < -0.39 is 0 Å². The average molecular weight is 340 g/mol. The molecule has 1 N–H and O–H groups in total. The zero-order valence-corrected chi connectivity index (χ0v) is 13.7. The minimum atomic E-state index is 0.302. The Morgan fingerprint density at radius 3 is 2.90 bits per heavy atom. The highest BCUT2D eigenvalue weighted by atomic mass is 79.9. The Morgan fingerprint density at radius 2 is 2.25 bits per heavy atom. The molecule has 3 rings (SSSR count). The summed E-state index contributed by atoms with van der Waals surface area (Å²) in [6.45, 7) is 0.805. The maximum atomic E-state index is 5.83. The number of benzene rings is 1. The predicted molar refractivity (Wildman–Crippen MR) is 83.4 cm³/mol. The fourth-order valence-corrected chi connectivity index (χ4v) is 3.78. The molecule has 0 radical (unpaired) electrons. The number of hydrogen-bond acceptors (Lipinski definition) is 3. The van der Waals surface area contributed by atoms with E-state index >= 15 is 0 Å². The van der Waals surface area contributed by atoms with E-state index in [1.54, 1.807) is 0 Å². The van der Waals surface area contributed by atoms with Crippen LogP contribution in [0.2, 0.25) is 0 Å². The Kier molecular flexibility index (Phi) is 4.34. The van der Waals surface area contributed by atoms with Gasteiger partial charge in [-0.3, -0.25) is 0 Å². The third-order valence-corrected chi connectivity index (χ3v) is 4.85. The van der Waals surface area contributed by atoms with E-state index in [9.17, 15) is 0 Å². The molecular weight excluding hydrogens is 318 g/mol. The molecule has 1 saturated carbocycles. The minimum absolute atomic E-state index is 0.302. The van der Waals surface area contributed by atoms with Crippen molar-refractivity contribution >= 4 is 15.9 Å². The third-order valence-electron chi connectivity index (χ3n) is 4.39. The van der Waals surface area contributed by atoms with Gasteiger partial charge in [-0.15, -0.1) is 0 Å². The van der Waals surface area contributed by atoms with Crippen molar-refractivity contribution in [1.29, 1.82) is 0 Å². The van der Waals surface area contributed by atoms with E-state index in [2.05, 4.69) is 33.4 Å². The second-order valence-corrected chi connectivity index (χ2v) is 6.70. The Hall–Kier alpha value is -0.580. The van der Waals surface area contributed by atoms with Gasteiger partial charge in [0, 0.05) is 24.0 Å². The van der Waals surface area contributed by atoms with Crippen LogP contribution < -0.4 is 10.1 Å². The highest BCUT2D eigenvalue weighted by Gasteiger charge is 2.36. The normalized spacial score (nSPS) is 20.4. The smallest absolute Gasteiger partial charge is 0.125 e. The summed E-state index contributed by atoms with van der Waals surface area (Å²) in [5, 5.41) is 3.44. The molecule has 2 unspecified atom stereocenters. The van der Waals surface area contributed by atoms with Crippen molar-refractivity contribution in [1.82, 2.24) is 5.32 Å². The lowest BCUT2D eigenvalue weighted by Gasteiger charge is -2.26. The van der Waals surface area contributed by atoms with Gasteiger partial charge in [0.25, 0.3) is 0 Å². The first-order valence-corrected chi connectivity index (χ1v) is 8.16. The molecule has 0 amide bonds. The van der Waals surface area contributed by atoms with Gasteiger partial charge in [0.05, 0.1) is 12.7 Å². The standard InChI is InChI=1S/C16H22BrNO2/c1-18-14(16(19-2)10-3-4-10)9-12-8-13(17)7-11-5-6-20-15(11)12/h7-8,10,14,16,18H,3-6,9H2,1-2H3. The molecule has 0 bridgehead atoms. The van der Waals surface area contributed by atoms with Crippen molar-refractivity contribution in [3.63, 3.8) is 0 Å². The largest absolute Gasteiger partial charge is 0.493 e.